The fourth-order valence-corrected chi connectivity index (χ4v) is 1.22. The van der Waals surface area contributed by atoms with E-state index in [4.69, 9.17) is 9.84 Å². The smallest absolute Gasteiger partial charge is 0.213 e. The second kappa shape index (κ2) is 5.71. The number of aliphatic hydroxyl groups excluding tert-OH is 1. The van der Waals surface area contributed by atoms with Gasteiger partial charge in [-0.15, -0.1) is 0 Å². The molecule has 1 N–H and O–H groups in total. The van der Waals surface area contributed by atoms with Crippen molar-refractivity contribution in [3.8, 4) is 5.88 Å². The number of aryl methyl sites for hydroxylation is 1. The summed E-state index contributed by atoms with van der Waals surface area (Å²) in [7, 11) is 0. The molecule has 0 saturated carbocycles. The Kier molecular flexibility index (Phi) is 4.56. The van der Waals surface area contributed by atoms with Crippen molar-refractivity contribution in [1.82, 2.24) is 4.98 Å². The van der Waals surface area contributed by atoms with Gasteiger partial charge < -0.3 is 9.84 Å². The fourth-order valence-electron chi connectivity index (χ4n) is 1.22. The van der Waals surface area contributed by atoms with Crippen LogP contribution in [0.5, 0.6) is 5.88 Å². The highest BCUT2D eigenvalue weighted by molar-refractivity contribution is 5.24. The van der Waals surface area contributed by atoms with Crippen LogP contribution in [0.1, 0.15) is 32.0 Å². The Bertz CT molecular complexity index is 288. The first kappa shape index (κ1) is 12.0. The van der Waals surface area contributed by atoms with Crippen molar-refractivity contribution < 1.29 is 9.84 Å². The van der Waals surface area contributed by atoms with Gasteiger partial charge >= 0.3 is 0 Å². The maximum atomic E-state index is 9.08. The van der Waals surface area contributed by atoms with Crippen LogP contribution in [0.25, 0.3) is 0 Å². The molecule has 0 saturated heterocycles. The van der Waals surface area contributed by atoms with Gasteiger partial charge in [0, 0.05) is 11.8 Å². The maximum absolute atomic E-state index is 9.08. The molecule has 0 radical (unpaired) electrons. The molecule has 15 heavy (non-hydrogen) atoms. The zero-order valence-corrected chi connectivity index (χ0v) is 9.66. The highest BCUT2D eigenvalue weighted by atomic mass is 16.5. The molecule has 0 bridgehead atoms. The van der Waals surface area contributed by atoms with Crippen molar-refractivity contribution in [3.63, 3.8) is 0 Å². The van der Waals surface area contributed by atoms with Crippen LogP contribution in [0.3, 0.4) is 0 Å². The Hall–Kier alpha value is -1.09. The maximum Gasteiger partial charge on any atom is 0.213 e. The van der Waals surface area contributed by atoms with Gasteiger partial charge in [0.05, 0.1) is 13.2 Å². The number of aromatic nitrogens is 1. The number of nitrogens with zero attached hydrogens (tertiary/aromatic N) is 1. The molecule has 0 spiro atoms. The lowest BCUT2D eigenvalue weighted by molar-refractivity contribution is 0.256. The van der Waals surface area contributed by atoms with Gasteiger partial charge in [-0.1, -0.05) is 20.8 Å². The molecule has 1 heterocycles. The van der Waals surface area contributed by atoms with Crippen molar-refractivity contribution in [2.75, 3.05) is 6.61 Å². The van der Waals surface area contributed by atoms with Crippen LogP contribution in [-0.2, 0) is 13.0 Å². The third-order valence-electron chi connectivity index (χ3n) is 2.02. The topological polar surface area (TPSA) is 42.4 Å². The van der Waals surface area contributed by atoms with Crippen molar-refractivity contribution in [3.05, 3.63) is 23.4 Å². The van der Waals surface area contributed by atoms with Crippen LogP contribution in [0.2, 0.25) is 0 Å². The molecule has 84 valence electrons. The molecular weight excluding hydrogens is 190 g/mol. The number of rotatable bonds is 5. The monoisotopic (exact) mass is 209 g/mol. The molecule has 0 fully saturated rings. The van der Waals surface area contributed by atoms with Crippen LogP contribution < -0.4 is 4.74 Å². The predicted molar refractivity (Wildman–Crippen MR) is 59.9 cm³/mol. The normalized spacial score (nSPS) is 10.7. The van der Waals surface area contributed by atoms with Gasteiger partial charge in [0.25, 0.3) is 0 Å². The molecule has 3 nitrogen and oxygen atoms in total. The Morgan fingerprint density at radius 3 is 2.67 bits per heavy atom. The molecule has 0 unspecified atom stereocenters. The fraction of sp³-hybridized carbons (Fsp3) is 0.583. The summed E-state index contributed by atoms with van der Waals surface area (Å²) in [5, 5.41) is 9.08. The Balaban J connectivity index is 2.77. The lowest BCUT2D eigenvalue weighted by Gasteiger charge is -2.10. The number of hydrogen-bond donors (Lipinski definition) is 1. The van der Waals surface area contributed by atoms with Crippen LogP contribution in [-0.4, -0.2) is 16.7 Å². The van der Waals surface area contributed by atoms with Crippen molar-refractivity contribution >= 4 is 0 Å². The van der Waals surface area contributed by atoms with Crippen molar-refractivity contribution in [2.24, 2.45) is 5.92 Å². The third kappa shape index (κ3) is 3.88. The second-order valence-electron chi connectivity index (χ2n) is 4.02. The van der Waals surface area contributed by atoms with Crippen molar-refractivity contribution in [2.45, 2.75) is 33.8 Å². The van der Waals surface area contributed by atoms with E-state index in [-0.39, 0.29) is 6.61 Å². The molecule has 1 aromatic rings. The molecule has 3 heteroatoms. The minimum atomic E-state index is 0.0353. The summed E-state index contributed by atoms with van der Waals surface area (Å²) in [4.78, 5) is 4.34. The Morgan fingerprint density at radius 1 is 1.40 bits per heavy atom. The average molecular weight is 209 g/mol. The summed E-state index contributed by atoms with van der Waals surface area (Å²) in [6.07, 6.45) is 0.853. The summed E-state index contributed by atoms with van der Waals surface area (Å²) in [5.41, 5.74) is 1.82. The second-order valence-corrected chi connectivity index (χ2v) is 4.02. The minimum Gasteiger partial charge on any atom is -0.477 e. The van der Waals surface area contributed by atoms with Gasteiger partial charge in [-0.05, 0) is 24.0 Å². The van der Waals surface area contributed by atoms with Gasteiger partial charge in [0.15, 0.2) is 0 Å². The first-order valence-corrected chi connectivity index (χ1v) is 5.39. The van der Waals surface area contributed by atoms with Gasteiger partial charge in [0.2, 0.25) is 5.88 Å². The van der Waals surface area contributed by atoms with Gasteiger partial charge in [0.1, 0.15) is 0 Å². The van der Waals surface area contributed by atoms with E-state index in [2.05, 4.69) is 18.8 Å². The van der Waals surface area contributed by atoms with E-state index in [1.807, 2.05) is 13.0 Å². The third-order valence-corrected chi connectivity index (χ3v) is 2.02. The quantitative estimate of drug-likeness (QED) is 0.808. The van der Waals surface area contributed by atoms with E-state index in [1.54, 1.807) is 6.07 Å². The summed E-state index contributed by atoms with van der Waals surface area (Å²) >= 11 is 0. The largest absolute Gasteiger partial charge is 0.477 e. The lowest BCUT2D eigenvalue weighted by Crippen LogP contribution is -2.07. The van der Waals surface area contributed by atoms with E-state index in [1.165, 1.54) is 0 Å². The zero-order valence-electron chi connectivity index (χ0n) is 9.66. The van der Waals surface area contributed by atoms with Crippen molar-refractivity contribution in [1.29, 1.82) is 0 Å². The molecule has 1 rings (SSSR count). The summed E-state index contributed by atoms with van der Waals surface area (Å²) in [6.45, 7) is 6.92. The molecule has 0 atom stereocenters. The lowest BCUT2D eigenvalue weighted by atomic mass is 10.2. The molecular formula is C12H19NO2. The van der Waals surface area contributed by atoms with Gasteiger partial charge in [-0.25, -0.2) is 4.98 Å². The van der Waals surface area contributed by atoms with E-state index >= 15 is 0 Å². The molecule has 1 aromatic heterocycles. The predicted octanol–water partition coefficient (Wildman–Crippen LogP) is 2.17. The SMILES string of the molecule is CCc1cc(CO)cc(OCC(C)C)n1. The first-order chi connectivity index (χ1) is 7.15. The number of pyridine rings is 1. The molecule has 0 amide bonds. The van der Waals surface area contributed by atoms with Crippen LogP contribution in [0, 0.1) is 5.92 Å². The van der Waals surface area contributed by atoms with E-state index in [0.717, 1.165) is 17.7 Å². The highest BCUT2D eigenvalue weighted by Gasteiger charge is 2.03. The summed E-state index contributed by atoms with van der Waals surface area (Å²) < 4.78 is 5.53. The molecule has 0 aliphatic carbocycles. The molecule has 0 aliphatic rings. The van der Waals surface area contributed by atoms with Gasteiger partial charge in [-0.3, -0.25) is 0 Å². The minimum absolute atomic E-state index is 0.0353. The van der Waals surface area contributed by atoms with E-state index in [0.29, 0.717) is 18.4 Å². The zero-order chi connectivity index (χ0) is 11.3. The Labute approximate surface area is 91.1 Å². The first-order valence-electron chi connectivity index (χ1n) is 5.39. The molecule has 0 aliphatic heterocycles. The van der Waals surface area contributed by atoms with E-state index in [9.17, 15) is 0 Å². The summed E-state index contributed by atoms with van der Waals surface area (Å²) in [6, 6.07) is 3.70. The average Bonchev–Trinajstić information content (AvgIpc) is 2.25. The summed E-state index contributed by atoms with van der Waals surface area (Å²) in [5.74, 6) is 1.10. The Morgan fingerprint density at radius 2 is 2.13 bits per heavy atom. The van der Waals surface area contributed by atoms with Crippen LogP contribution >= 0.6 is 0 Å². The number of aliphatic hydroxyl groups is 1. The van der Waals surface area contributed by atoms with Crippen LogP contribution in [0.4, 0.5) is 0 Å². The van der Waals surface area contributed by atoms with E-state index < -0.39 is 0 Å². The van der Waals surface area contributed by atoms with Gasteiger partial charge in [-0.2, -0.15) is 0 Å². The molecule has 0 aromatic carbocycles. The number of ether oxygens (including phenoxy) is 1. The highest BCUT2D eigenvalue weighted by Crippen LogP contribution is 2.14. The standard InChI is InChI=1S/C12H19NO2/c1-4-11-5-10(7-14)6-12(13-11)15-8-9(2)3/h5-6,9,14H,4,7-8H2,1-3H3. The number of hydrogen-bond acceptors (Lipinski definition) is 3. The van der Waals surface area contributed by atoms with Crippen LogP contribution in [0.15, 0.2) is 12.1 Å².